The number of benzene rings is 1. The van der Waals surface area contributed by atoms with Gasteiger partial charge in [-0.1, -0.05) is 39.2 Å². The van der Waals surface area contributed by atoms with Crippen LogP contribution in [0.5, 0.6) is 0 Å². The van der Waals surface area contributed by atoms with Crippen LogP contribution < -0.4 is 16.2 Å². The van der Waals surface area contributed by atoms with E-state index in [1.165, 1.54) is 7.11 Å². The van der Waals surface area contributed by atoms with Gasteiger partial charge in [0.25, 0.3) is 5.56 Å². The second-order valence-electron chi connectivity index (χ2n) is 12.4. The fraction of sp³-hybridized carbons (Fsp3) is 0.486. The smallest absolute Gasteiger partial charge is 0.468 e. The molecule has 254 valence electrons. The summed E-state index contributed by atoms with van der Waals surface area (Å²) >= 11 is 0. The van der Waals surface area contributed by atoms with Crippen molar-refractivity contribution < 1.29 is 33.3 Å². The molecule has 1 aromatic carbocycles. The lowest BCUT2D eigenvalue weighted by Crippen LogP contribution is -2.47. The first-order valence-electron chi connectivity index (χ1n) is 16.6. The first-order chi connectivity index (χ1) is 23.2. The number of hydrogen-bond donors (Lipinski definition) is 1. The molecule has 2 N–H and O–H groups in total. The number of carbonyl (C=O) groups is 3. The Morgan fingerprint density at radius 2 is 1.94 bits per heavy atom. The van der Waals surface area contributed by atoms with Crippen molar-refractivity contribution in [2.45, 2.75) is 90.0 Å². The molecule has 0 saturated carbocycles. The summed E-state index contributed by atoms with van der Waals surface area (Å²) in [5, 5.41) is 0.944. The average molecular weight is 660 g/mol. The molecule has 5 heterocycles. The molecule has 0 saturated heterocycles. The van der Waals surface area contributed by atoms with Crippen LogP contribution in [0.4, 0.5) is 16.2 Å². The van der Waals surface area contributed by atoms with Crippen LogP contribution in [0.2, 0.25) is 0 Å². The topological polar surface area (TPSA) is 165 Å². The number of nitrogens with zero attached hydrogens (tertiary/aromatic N) is 4. The number of unbranched alkanes of at least 4 members (excludes halogenated alkanes) is 4. The second-order valence-corrected chi connectivity index (χ2v) is 12.4. The lowest BCUT2D eigenvalue weighted by molar-refractivity contribution is -0.175. The van der Waals surface area contributed by atoms with Crippen LogP contribution in [-0.4, -0.2) is 60.3 Å². The number of cyclic esters (lactones) is 1. The highest BCUT2D eigenvalue weighted by atomic mass is 16.7. The summed E-state index contributed by atoms with van der Waals surface area (Å²) in [4.78, 5) is 63.8. The summed E-state index contributed by atoms with van der Waals surface area (Å²) in [6.45, 7) is 4.72. The van der Waals surface area contributed by atoms with Gasteiger partial charge in [0, 0.05) is 17.7 Å². The number of anilines is 1. The van der Waals surface area contributed by atoms with E-state index in [4.69, 9.17) is 29.9 Å². The van der Waals surface area contributed by atoms with Crippen molar-refractivity contribution in [1.82, 2.24) is 9.55 Å². The monoisotopic (exact) mass is 659 g/mol. The van der Waals surface area contributed by atoms with Crippen molar-refractivity contribution >= 4 is 46.7 Å². The fourth-order valence-corrected chi connectivity index (χ4v) is 6.80. The van der Waals surface area contributed by atoms with E-state index in [1.54, 1.807) is 17.6 Å². The molecule has 0 radical (unpaired) electrons. The predicted molar refractivity (Wildman–Crippen MR) is 178 cm³/mol. The summed E-state index contributed by atoms with van der Waals surface area (Å²) in [6.07, 6.45) is 6.22. The van der Waals surface area contributed by atoms with Crippen LogP contribution >= 0.6 is 0 Å². The minimum atomic E-state index is -1.87. The Morgan fingerprint density at radius 1 is 1.10 bits per heavy atom. The van der Waals surface area contributed by atoms with Gasteiger partial charge in [0.2, 0.25) is 5.60 Å². The van der Waals surface area contributed by atoms with Crippen LogP contribution in [0.15, 0.2) is 34.1 Å². The number of aliphatic imine (C=N–C) groups is 1. The Labute approximate surface area is 278 Å². The zero-order valence-corrected chi connectivity index (χ0v) is 27.6. The van der Waals surface area contributed by atoms with Gasteiger partial charge in [-0.15, -0.1) is 0 Å². The highest BCUT2D eigenvalue weighted by Crippen LogP contribution is 2.47. The van der Waals surface area contributed by atoms with Crippen molar-refractivity contribution in [3.8, 4) is 11.4 Å². The van der Waals surface area contributed by atoms with Crippen molar-refractivity contribution in [2.24, 2.45) is 10.7 Å². The fourth-order valence-electron chi connectivity index (χ4n) is 6.80. The van der Waals surface area contributed by atoms with E-state index < -0.39 is 29.7 Å². The van der Waals surface area contributed by atoms with Crippen LogP contribution in [-0.2, 0) is 47.3 Å². The van der Waals surface area contributed by atoms with Crippen LogP contribution in [0.1, 0.15) is 81.9 Å². The molecule has 2 atom stereocenters. The van der Waals surface area contributed by atoms with Gasteiger partial charge in [-0.3, -0.25) is 9.59 Å². The molecule has 2 aromatic heterocycles. The molecular formula is C35H41N5O8. The van der Waals surface area contributed by atoms with Crippen molar-refractivity contribution in [3.63, 3.8) is 0 Å². The van der Waals surface area contributed by atoms with Crippen molar-refractivity contribution in [2.75, 3.05) is 25.2 Å². The minimum absolute atomic E-state index is 0.0243. The first-order valence-corrected chi connectivity index (χ1v) is 16.6. The summed E-state index contributed by atoms with van der Waals surface area (Å²) in [5.74, 6) is -1.24. The van der Waals surface area contributed by atoms with E-state index in [0.29, 0.717) is 43.6 Å². The predicted octanol–water partition coefficient (Wildman–Crippen LogP) is 4.97. The average Bonchev–Trinajstić information content (AvgIpc) is 3.46. The molecule has 3 aliphatic heterocycles. The number of hydrogen-bond acceptors (Lipinski definition) is 12. The molecule has 13 nitrogen and oxygen atoms in total. The van der Waals surface area contributed by atoms with Crippen molar-refractivity contribution in [3.05, 3.63) is 51.3 Å². The van der Waals surface area contributed by atoms with Gasteiger partial charge < -0.3 is 34.1 Å². The summed E-state index contributed by atoms with van der Waals surface area (Å²) in [5.41, 5.74) is 8.76. The third-order valence-electron chi connectivity index (χ3n) is 9.40. The molecule has 0 bridgehead atoms. The number of carbonyl (C=O) groups excluding carboxylic acids is 3. The number of pyridine rings is 2. The zero-order valence-electron chi connectivity index (χ0n) is 27.6. The molecule has 0 amide bonds. The standard InChI is InChI=1S/C35H41N5O8/c1-4-6-9-15-39-20-37-25-13-11-14-26-28(25)30(39)21-18-40-27(29(21)38-26)17-23-22(31(40)41)19-47-33(43)35(23,5-2)48-34(44)46-16-10-7-8-12-24(36)32(42)45-3/h11,13-14,17,20,24H,4-10,12,15-16,18-19,36H2,1-3H3/t24-,35-/m0/s1. The Morgan fingerprint density at radius 3 is 2.71 bits per heavy atom. The number of aromatic nitrogens is 2. The molecule has 13 heteroatoms. The largest absolute Gasteiger partial charge is 0.509 e. The number of methoxy groups -OCH3 is 1. The number of esters is 2. The maximum absolute atomic E-state index is 14.1. The molecular weight excluding hydrogens is 618 g/mol. The van der Waals surface area contributed by atoms with Gasteiger partial charge in [-0.05, 0) is 50.3 Å². The number of rotatable bonds is 13. The van der Waals surface area contributed by atoms with E-state index in [1.807, 2.05) is 24.5 Å². The summed E-state index contributed by atoms with van der Waals surface area (Å²) in [7, 11) is 1.29. The Bertz CT molecular complexity index is 1850. The number of nitrogens with two attached hydrogens (primary N) is 1. The summed E-state index contributed by atoms with van der Waals surface area (Å²) < 4.78 is 22.9. The third-order valence-corrected chi connectivity index (χ3v) is 9.40. The maximum atomic E-state index is 14.1. The van der Waals surface area contributed by atoms with Crippen molar-refractivity contribution in [1.29, 1.82) is 0 Å². The van der Waals surface area contributed by atoms with E-state index in [9.17, 15) is 19.2 Å². The van der Waals surface area contributed by atoms with Gasteiger partial charge in [0.1, 0.15) is 12.6 Å². The molecule has 3 aliphatic rings. The van der Waals surface area contributed by atoms with Crippen LogP contribution in [0, 0.1) is 0 Å². The minimum Gasteiger partial charge on any atom is -0.468 e. The molecule has 48 heavy (non-hydrogen) atoms. The van der Waals surface area contributed by atoms with E-state index in [-0.39, 0.29) is 36.3 Å². The lowest BCUT2D eigenvalue weighted by Gasteiger charge is -2.35. The maximum Gasteiger partial charge on any atom is 0.509 e. The number of fused-ring (bicyclic) bond motifs is 5. The van der Waals surface area contributed by atoms with Gasteiger partial charge in [-0.25, -0.2) is 19.6 Å². The lowest BCUT2D eigenvalue weighted by atomic mass is 9.85. The highest BCUT2D eigenvalue weighted by molar-refractivity contribution is 6.11. The molecule has 0 fully saturated rings. The number of ether oxygens (including phenoxy) is 4. The van der Waals surface area contributed by atoms with Gasteiger partial charge in [0.15, 0.2) is 0 Å². The Balaban J connectivity index is 1.29. The van der Waals surface area contributed by atoms with E-state index in [2.05, 4.69) is 16.6 Å². The normalized spacial score (nSPS) is 17.8. The Hall–Kier alpha value is -4.78. The Kier molecular flexibility index (Phi) is 9.49. The first kappa shape index (κ1) is 33.1. The van der Waals surface area contributed by atoms with Crippen LogP contribution in [0.3, 0.4) is 0 Å². The SMILES string of the molecule is CCCCCN1C=Nc2cccc3nc4c(c1c23)Cn1c-4cc2c(c1=O)COC(=O)[C@@]2(CC)OC(=O)OCCCCC[C@H](N)C(=O)OC. The molecule has 0 aliphatic carbocycles. The van der Waals surface area contributed by atoms with Crippen LogP contribution in [0.25, 0.3) is 22.3 Å². The molecule has 0 spiro atoms. The molecule has 6 rings (SSSR count). The van der Waals surface area contributed by atoms with Gasteiger partial charge >= 0.3 is 18.1 Å². The van der Waals surface area contributed by atoms with Gasteiger partial charge in [-0.2, -0.15) is 0 Å². The van der Waals surface area contributed by atoms with Gasteiger partial charge in [0.05, 0.1) is 65.8 Å². The zero-order chi connectivity index (χ0) is 34.0. The highest BCUT2D eigenvalue weighted by Gasteiger charge is 2.51. The quantitative estimate of drug-likeness (QED) is 0.117. The molecule has 3 aromatic rings. The third kappa shape index (κ3) is 5.80. The second kappa shape index (κ2) is 13.8. The van der Waals surface area contributed by atoms with E-state index in [0.717, 1.165) is 53.6 Å². The van der Waals surface area contributed by atoms with E-state index >= 15 is 0 Å². The molecule has 0 unspecified atom stereocenters. The summed E-state index contributed by atoms with van der Waals surface area (Å²) in [6, 6.07) is 6.86.